The van der Waals surface area contributed by atoms with Gasteiger partial charge in [0, 0.05) is 27.0 Å². The van der Waals surface area contributed by atoms with Crippen molar-refractivity contribution < 1.29 is 19.4 Å². The van der Waals surface area contributed by atoms with Crippen molar-refractivity contribution in [2.24, 2.45) is 0 Å². The highest BCUT2D eigenvalue weighted by Crippen LogP contribution is 2.30. The Morgan fingerprint density at radius 3 is 2.89 bits per heavy atom. The number of rotatable bonds is 4. The molecule has 0 aliphatic carbocycles. The Hall–Kier alpha value is -1.73. The molecule has 1 saturated heterocycles. The largest absolute Gasteiger partial charge is 0.465 e. The van der Waals surface area contributed by atoms with Crippen molar-refractivity contribution in [3.8, 4) is 0 Å². The van der Waals surface area contributed by atoms with Gasteiger partial charge in [-0.25, -0.2) is 14.8 Å². The van der Waals surface area contributed by atoms with E-state index < -0.39 is 12.4 Å². The highest BCUT2D eigenvalue weighted by Gasteiger charge is 2.32. The van der Waals surface area contributed by atoms with E-state index in [1.165, 1.54) is 19.1 Å². The van der Waals surface area contributed by atoms with E-state index in [-0.39, 0.29) is 6.04 Å². The van der Waals surface area contributed by atoms with Crippen molar-refractivity contribution in [2.45, 2.75) is 25.2 Å². The fourth-order valence-corrected chi connectivity index (χ4v) is 2.28. The molecule has 1 N–H and O–H groups in total. The second-order valence-corrected chi connectivity index (χ2v) is 4.28. The molecule has 0 radical (unpaired) electrons. The van der Waals surface area contributed by atoms with Crippen LogP contribution in [0, 0.1) is 0 Å². The van der Waals surface area contributed by atoms with E-state index in [0.717, 1.165) is 12.8 Å². The highest BCUT2D eigenvalue weighted by molar-refractivity contribution is 5.66. The number of likely N-dealkylation sites (tertiary alicyclic amines) is 1. The summed E-state index contributed by atoms with van der Waals surface area (Å²) in [5.41, 5.74) is 0.590. The molecule has 2 rings (SSSR count). The minimum atomic E-state index is -0.938. The lowest BCUT2D eigenvalue weighted by atomic mass is 10.2. The predicted molar refractivity (Wildman–Crippen MR) is 65.5 cm³/mol. The fourth-order valence-electron chi connectivity index (χ4n) is 2.28. The molecule has 19 heavy (non-hydrogen) atoms. The molecule has 0 saturated carbocycles. The van der Waals surface area contributed by atoms with Crippen molar-refractivity contribution in [3.05, 3.63) is 23.8 Å². The lowest BCUT2D eigenvalue weighted by Crippen LogP contribution is -2.30. The first-order chi connectivity index (χ1) is 9.17. The van der Waals surface area contributed by atoms with Crippen molar-refractivity contribution in [3.63, 3.8) is 0 Å². The summed E-state index contributed by atoms with van der Waals surface area (Å²) in [6.07, 6.45) is 1.65. The first-order valence-corrected chi connectivity index (χ1v) is 6.05. The molecule has 0 aromatic carbocycles. The van der Waals surface area contributed by atoms with Crippen LogP contribution in [0.3, 0.4) is 0 Å². The van der Waals surface area contributed by atoms with Gasteiger partial charge in [-0.15, -0.1) is 0 Å². The lowest BCUT2D eigenvalue weighted by Gasteiger charge is -2.21. The minimum absolute atomic E-state index is 0.285. The van der Waals surface area contributed by atoms with Crippen LogP contribution in [0.25, 0.3) is 0 Å². The third-order valence-electron chi connectivity index (χ3n) is 3.16. The van der Waals surface area contributed by atoms with Crippen molar-refractivity contribution in [1.29, 1.82) is 0 Å². The van der Waals surface area contributed by atoms with Crippen LogP contribution in [0.15, 0.2) is 12.3 Å². The fraction of sp³-hybridized carbons (Fsp3) is 0.583. The zero-order chi connectivity index (χ0) is 13.8. The van der Waals surface area contributed by atoms with E-state index in [2.05, 4.69) is 9.97 Å². The number of ether oxygens (including phenoxy) is 2. The third kappa shape index (κ3) is 2.82. The summed E-state index contributed by atoms with van der Waals surface area (Å²) in [4.78, 5) is 21.0. The number of carbonyl (C=O) groups is 1. The number of carboxylic acid groups (broad SMARTS) is 1. The molecule has 2 heterocycles. The Labute approximate surface area is 111 Å². The number of hydrogen-bond donors (Lipinski definition) is 1. The topological polar surface area (TPSA) is 84.8 Å². The third-order valence-corrected chi connectivity index (χ3v) is 3.16. The molecule has 1 aromatic heterocycles. The number of aromatic nitrogens is 2. The van der Waals surface area contributed by atoms with Crippen molar-refractivity contribution >= 4 is 6.09 Å². The monoisotopic (exact) mass is 267 g/mol. The molecule has 1 aromatic rings. The first kappa shape index (κ1) is 13.7. The molecule has 1 aliphatic heterocycles. The maximum atomic E-state index is 11.1. The average Bonchev–Trinajstić information content (AvgIpc) is 2.90. The number of amides is 1. The first-order valence-electron chi connectivity index (χ1n) is 6.05. The van der Waals surface area contributed by atoms with Gasteiger partial charge < -0.3 is 14.6 Å². The van der Waals surface area contributed by atoms with Gasteiger partial charge in [-0.05, 0) is 18.9 Å². The van der Waals surface area contributed by atoms with Crippen LogP contribution in [0.5, 0.6) is 0 Å². The normalized spacial score (nSPS) is 19.1. The van der Waals surface area contributed by atoms with Gasteiger partial charge in [0.25, 0.3) is 0 Å². The van der Waals surface area contributed by atoms with Crippen LogP contribution in [0.1, 0.15) is 36.7 Å². The molecule has 1 amide bonds. The molecular formula is C12H17N3O4. The Morgan fingerprint density at radius 1 is 1.53 bits per heavy atom. The quantitative estimate of drug-likeness (QED) is 0.834. The molecule has 0 bridgehead atoms. The van der Waals surface area contributed by atoms with Gasteiger partial charge in [0.05, 0.1) is 6.04 Å². The summed E-state index contributed by atoms with van der Waals surface area (Å²) in [5.74, 6) is 0.497. The lowest BCUT2D eigenvalue weighted by molar-refractivity contribution is -0.108. The summed E-state index contributed by atoms with van der Waals surface area (Å²) in [5, 5.41) is 9.14. The summed E-state index contributed by atoms with van der Waals surface area (Å²) >= 11 is 0. The van der Waals surface area contributed by atoms with E-state index in [1.807, 2.05) is 0 Å². The smallest absolute Gasteiger partial charge is 0.407 e. The van der Waals surface area contributed by atoms with Gasteiger partial charge in [0.1, 0.15) is 5.69 Å². The zero-order valence-corrected chi connectivity index (χ0v) is 10.9. The van der Waals surface area contributed by atoms with Crippen LogP contribution in [-0.4, -0.2) is 46.8 Å². The van der Waals surface area contributed by atoms with Gasteiger partial charge in [-0.2, -0.15) is 0 Å². The van der Waals surface area contributed by atoms with Crippen LogP contribution in [0.4, 0.5) is 4.79 Å². The average molecular weight is 267 g/mol. The zero-order valence-electron chi connectivity index (χ0n) is 10.9. The van der Waals surface area contributed by atoms with E-state index in [1.54, 1.807) is 12.3 Å². The Morgan fingerprint density at radius 2 is 2.26 bits per heavy atom. The number of nitrogens with zero attached hydrogens (tertiary/aromatic N) is 3. The van der Waals surface area contributed by atoms with E-state index in [4.69, 9.17) is 14.6 Å². The van der Waals surface area contributed by atoms with Crippen LogP contribution < -0.4 is 0 Å². The van der Waals surface area contributed by atoms with Gasteiger partial charge in [-0.3, -0.25) is 4.90 Å². The van der Waals surface area contributed by atoms with Gasteiger partial charge in [-0.1, -0.05) is 0 Å². The predicted octanol–water partition coefficient (Wildman–Crippen LogP) is 1.58. The van der Waals surface area contributed by atoms with Crippen LogP contribution >= 0.6 is 0 Å². The molecule has 7 nitrogen and oxygen atoms in total. The molecule has 1 fully saturated rings. The highest BCUT2D eigenvalue weighted by atomic mass is 16.7. The summed E-state index contributed by atoms with van der Waals surface area (Å²) in [6.45, 7) is 0.519. The minimum Gasteiger partial charge on any atom is -0.465 e. The van der Waals surface area contributed by atoms with Gasteiger partial charge in [0.2, 0.25) is 6.29 Å². The van der Waals surface area contributed by atoms with Gasteiger partial charge >= 0.3 is 6.09 Å². The van der Waals surface area contributed by atoms with E-state index in [0.29, 0.717) is 18.1 Å². The van der Waals surface area contributed by atoms with Crippen molar-refractivity contribution in [2.75, 3.05) is 20.8 Å². The maximum absolute atomic E-state index is 11.1. The molecule has 1 aliphatic rings. The summed E-state index contributed by atoms with van der Waals surface area (Å²) < 4.78 is 10.3. The molecule has 0 spiro atoms. The number of hydrogen-bond acceptors (Lipinski definition) is 5. The second-order valence-electron chi connectivity index (χ2n) is 4.28. The van der Waals surface area contributed by atoms with Crippen LogP contribution in [0.2, 0.25) is 0 Å². The van der Waals surface area contributed by atoms with Crippen LogP contribution in [-0.2, 0) is 9.47 Å². The summed E-state index contributed by atoms with van der Waals surface area (Å²) in [6, 6.07) is 1.41. The second kappa shape index (κ2) is 5.94. The van der Waals surface area contributed by atoms with E-state index in [9.17, 15) is 4.79 Å². The molecular weight excluding hydrogens is 250 g/mol. The standard InChI is InChI=1S/C12H17N3O4/c1-18-11(19-2)8-5-6-13-10(14-8)9-4-3-7-15(9)12(16)17/h5-6,9,11H,3-4,7H2,1-2H3,(H,16,17). The molecule has 7 heteroatoms. The van der Waals surface area contributed by atoms with Gasteiger partial charge in [0.15, 0.2) is 5.82 Å². The summed E-state index contributed by atoms with van der Waals surface area (Å²) in [7, 11) is 3.05. The van der Waals surface area contributed by atoms with E-state index >= 15 is 0 Å². The SMILES string of the molecule is COC(OC)c1ccnc(C2CCCN2C(=O)O)n1. The number of methoxy groups -OCH3 is 2. The molecule has 1 atom stereocenters. The van der Waals surface area contributed by atoms with Crippen molar-refractivity contribution in [1.82, 2.24) is 14.9 Å². The Balaban J connectivity index is 2.25. The molecule has 1 unspecified atom stereocenters. The Kier molecular flexibility index (Phi) is 4.28. The molecule has 104 valence electrons. The maximum Gasteiger partial charge on any atom is 0.407 e. The Bertz CT molecular complexity index is 450.